The maximum Gasteiger partial charge on any atom is 0.235 e. The van der Waals surface area contributed by atoms with Crippen LogP contribution in [0.25, 0.3) is 0 Å². The van der Waals surface area contributed by atoms with Gasteiger partial charge in [-0.15, -0.1) is 0 Å². The van der Waals surface area contributed by atoms with E-state index in [9.17, 15) is 4.79 Å². The molecule has 2 aromatic rings. The molecular formula is C25H33NO3. The first-order chi connectivity index (χ1) is 13.9. The zero-order valence-corrected chi connectivity index (χ0v) is 18.3. The Balaban J connectivity index is 1.89. The van der Waals surface area contributed by atoms with E-state index < -0.39 is 5.41 Å². The van der Waals surface area contributed by atoms with E-state index in [0.717, 1.165) is 34.5 Å². The molecule has 0 aliphatic carbocycles. The first-order valence-corrected chi connectivity index (χ1v) is 10.6. The number of anilines is 1. The van der Waals surface area contributed by atoms with Crippen LogP contribution < -0.4 is 10.1 Å². The molecule has 2 aromatic carbocycles. The zero-order chi connectivity index (χ0) is 21.0. The average molecular weight is 396 g/mol. The van der Waals surface area contributed by atoms with Crippen LogP contribution in [-0.2, 0) is 14.9 Å². The molecule has 4 nitrogen and oxygen atoms in total. The van der Waals surface area contributed by atoms with Crippen molar-refractivity contribution in [1.29, 1.82) is 0 Å². The molecule has 1 atom stereocenters. The molecule has 3 rings (SSSR count). The lowest BCUT2D eigenvalue weighted by molar-refractivity contribution is -0.125. The van der Waals surface area contributed by atoms with Gasteiger partial charge in [0.05, 0.1) is 11.5 Å². The summed E-state index contributed by atoms with van der Waals surface area (Å²) in [6.07, 6.45) is 2.50. The molecule has 1 N–H and O–H groups in total. The van der Waals surface area contributed by atoms with Crippen LogP contribution in [0.4, 0.5) is 5.69 Å². The van der Waals surface area contributed by atoms with E-state index in [1.165, 1.54) is 5.56 Å². The fourth-order valence-corrected chi connectivity index (χ4v) is 4.05. The van der Waals surface area contributed by atoms with Gasteiger partial charge in [-0.25, -0.2) is 0 Å². The number of nitrogens with one attached hydrogen (secondary N) is 1. The van der Waals surface area contributed by atoms with E-state index in [4.69, 9.17) is 9.47 Å². The van der Waals surface area contributed by atoms with Crippen molar-refractivity contribution in [2.45, 2.75) is 65.4 Å². The second kappa shape index (κ2) is 9.00. The molecule has 1 heterocycles. The van der Waals surface area contributed by atoms with Crippen LogP contribution in [0.3, 0.4) is 0 Å². The Bertz CT molecular complexity index is 845. The lowest BCUT2D eigenvalue weighted by Gasteiger charge is -2.36. The Kier molecular flexibility index (Phi) is 6.63. The maximum absolute atomic E-state index is 13.5. The number of rotatable bonds is 6. The van der Waals surface area contributed by atoms with E-state index in [1.54, 1.807) is 0 Å². The monoisotopic (exact) mass is 395 g/mol. The molecule has 0 bridgehead atoms. The van der Waals surface area contributed by atoms with Gasteiger partial charge in [-0.05, 0) is 75.8 Å². The van der Waals surface area contributed by atoms with Gasteiger partial charge in [0, 0.05) is 18.9 Å². The standard InChI is InChI=1S/C25H33NO3/c1-6-20(5)29-23-18(3)15-22(16-19(23)4)26-24(27)25(10-12-28-13-11-25)21-9-7-8-17(2)14-21/h7-9,14-16,20H,6,10-13H2,1-5H3,(H,26,27)/t20-/m0/s1. The van der Waals surface area contributed by atoms with Crippen LogP contribution in [-0.4, -0.2) is 25.2 Å². The van der Waals surface area contributed by atoms with Gasteiger partial charge >= 0.3 is 0 Å². The highest BCUT2D eigenvalue weighted by Gasteiger charge is 2.41. The lowest BCUT2D eigenvalue weighted by Crippen LogP contribution is -2.44. The molecule has 1 aliphatic rings. The molecule has 0 radical (unpaired) electrons. The number of carbonyl (C=O) groups excluding carboxylic acids is 1. The van der Waals surface area contributed by atoms with Gasteiger partial charge in [0.2, 0.25) is 5.91 Å². The van der Waals surface area contributed by atoms with E-state index >= 15 is 0 Å². The Morgan fingerprint density at radius 2 is 1.79 bits per heavy atom. The highest BCUT2D eigenvalue weighted by Crippen LogP contribution is 2.37. The number of benzene rings is 2. The van der Waals surface area contributed by atoms with Gasteiger partial charge < -0.3 is 14.8 Å². The van der Waals surface area contributed by atoms with Crippen molar-refractivity contribution in [2.24, 2.45) is 0 Å². The Hall–Kier alpha value is -2.33. The topological polar surface area (TPSA) is 47.6 Å². The molecule has 0 spiro atoms. The fourth-order valence-electron chi connectivity index (χ4n) is 4.05. The van der Waals surface area contributed by atoms with Gasteiger partial charge in [0.1, 0.15) is 5.75 Å². The number of carbonyl (C=O) groups is 1. The molecule has 1 amide bonds. The maximum atomic E-state index is 13.5. The van der Waals surface area contributed by atoms with E-state index in [1.807, 2.05) is 32.0 Å². The molecule has 156 valence electrons. The van der Waals surface area contributed by atoms with Crippen LogP contribution in [0.2, 0.25) is 0 Å². The van der Waals surface area contributed by atoms with E-state index in [2.05, 4.69) is 44.3 Å². The first kappa shape index (κ1) is 21.4. The number of amides is 1. The summed E-state index contributed by atoms with van der Waals surface area (Å²) in [5, 5.41) is 3.20. The molecule has 29 heavy (non-hydrogen) atoms. The second-order valence-corrected chi connectivity index (χ2v) is 8.29. The molecule has 1 saturated heterocycles. The van der Waals surface area contributed by atoms with Crippen LogP contribution in [0.5, 0.6) is 5.75 Å². The fraction of sp³-hybridized carbons (Fsp3) is 0.480. The minimum Gasteiger partial charge on any atom is -0.490 e. The summed E-state index contributed by atoms with van der Waals surface area (Å²) in [4.78, 5) is 13.5. The third-order valence-electron chi connectivity index (χ3n) is 5.96. The summed E-state index contributed by atoms with van der Waals surface area (Å²) < 4.78 is 11.7. The average Bonchev–Trinajstić information content (AvgIpc) is 2.71. The van der Waals surface area contributed by atoms with Crippen molar-refractivity contribution in [3.05, 3.63) is 58.7 Å². The molecule has 1 aliphatic heterocycles. The van der Waals surface area contributed by atoms with Crippen LogP contribution in [0.1, 0.15) is 55.4 Å². The zero-order valence-electron chi connectivity index (χ0n) is 18.3. The summed E-state index contributed by atoms with van der Waals surface area (Å²) >= 11 is 0. The minimum atomic E-state index is -0.558. The molecular weight excluding hydrogens is 362 g/mol. The van der Waals surface area contributed by atoms with Crippen LogP contribution in [0.15, 0.2) is 36.4 Å². The summed E-state index contributed by atoms with van der Waals surface area (Å²) in [5.41, 5.74) is 4.58. The van der Waals surface area contributed by atoms with Gasteiger partial charge in [0.15, 0.2) is 0 Å². The highest BCUT2D eigenvalue weighted by atomic mass is 16.5. The van der Waals surface area contributed by atoms with Crippen molar-refractivity contribution < 1.29 is 14.3 Å². The molecule has 1 fully saturated rings. The Morgan fingerprint density at radius 1 is 1.14 bits per heavy atom. The Labute approximate surface area is 174 Å². The first-order valence-electron chi connectivity index (χ1n) is 10.6. The normalized spacial score (nSPS) is 16.9. The van der Waals surface area contributed by atoms with Crippen LogP contribution >= 0.6 is 0 Å². The van der Waals surface area contributed by atoms with Crippen molar-refractivity contribution in [1.82, 2.24) is 0 Å². The van der Waals surface area contributed by atoms with Gasteiger partial charge in [-0.2, -0.15) is 0 Å². The molecule has 4 heteroatoms. The van der Waals surface area contributed by atoms with Gasteiger partial charge in [-0.3, -0.25) is 4.79 Å². The van der Waals surface area contributed by atoms with Gasteiger partial charge in [-0.1, -0.05) is 36.8 Å². The Morgan fingerprint density at radius 3 is 2.38 bits per heavy atom. The predicted octanol–water partition coefficient (Wildman–Crippen LogP) is 5.48. The third kappa shape index (κ3) is 4.64. The van der Waals surface area contributed by atoms with E-state index in [0.29, 0.717) is 26.1 Å². The van der Waals surface area contributed by atoms with Gasteiger partial charge in [0.25, 0.3) is 0 Å². The summed E-state index contributed by atoms with van der Waals surface area (Å²) in [5.74, 6) is 0.956. The minimum absolute atomic E-state index is 0.0424. The molecule has 0 aromatic heterocycles. The molecule has 0 saturated carbocycles. The number of aryl methyl sites for hydroxylation is 3. The summed E-state index contributed by atoms with van der Waals surface area (Å²) in [6.45, 7) is 11.5. The largest absolute Gasteiger partial charge is 0.490 e. The van der Waals surface area contributed by atoms with Crippen LogP contribution in [0, 0.1) is 20.8 Å². The number of hydrogen-bond acceptors (Lipinski definition) is 3. The number of hydrogen-bond donors (Lipinski definition) is 1. The van der Waals surface area contributed by atoms with Crippen molar-refractivity contribution in [3.8, 4) is 5.75 Å². The van der Waals surface area contributed by atoms with Crippen molar-refractivity contribution in [3.63, 3.8) is 0 Å². The van der Waals surface area contributed by atoms with Crippen molar-refractivity contribution in [2.75, 3.05) is 18.5 Å². The SMILES string of the molecule is CC[C@H](C)Oc1c(C)cc(NC(=O)C2(c3cccc(C)c3)CCOCC2)cc1C. The van der Waals surface area contributed by atoms with E-state index in [-0.39, 0.29) is 12.0 Å². The summed E-state index contributed by atoms with van der Waals surface area (Å²) in [7, 11) is 0. The lowest BCUT2D eigenvalue weighted by atomic mass is 9.73. The third-order valence-corrected chi connectivity index (χ3v) is 5.96. The summed E-state index contributed by atoms with van der Waals surface area (Å²) in [6, 6.07) is 12.3. The second-order valence-electron chi connectivity index (χ2n) is 8.29. The number of ether oxygens (including phenoxy) is 2. The van der Waals surface area contributed by atoms with Crippen molar-refractivity contribution >= 4 is 11.6 Å². The highest BCUT2D eigenvalue weighted by molar-refractivity contribution is 5.99. The predicted molar refractivity (Wildman–Crippen MR) is 118 cm³/mol. The smallest absolute Gasteiger partial charge is 0.235 e. The quantitative estimate of drug-likeness (QED) is 0.705. The molecule has 0 unspecified atom stereocenters.